The average molecular weight is 296 g/mol. The zero-order valence-electron chi connectivity index (χ0n) is 10.5. The van der Waals surface area contributed by atoms with Crippen LogP contribution in [0.25, 0.3) is 0 Å². The number of benzene rings is 1. The molecule has 0 saturated heterocycles. The summed E-state index contributed by atoms with van der Waals surface area (Å²) in [7, 11) is -3.88. The summed E-state index contributed by atoms with van der Waals surface area (Å²) in [5, 5.41) is 8.22. The molecule has 0 amide bonds. The molecule has 2 atom stereocenters. The highest BCUT2D eigenvalue weighted by atomic mass is 32.2. The Morgan fingerprint density at radius 2 is 1.84 bits per heavy atom. The first-order chi connectivity index (χ1) is 8.55. The molecule has 1 aromatic carbocycles. The minimum atomic E-state index is -4.58. The van der Waals surface area contributed by atoms with Crippen LogP contribution in [0.1, 0.15) is 25.8 Å². The highest BCUT2D eigenvalue weighted by molar-refractivity contribution is 7.92. The van der Waals surface area contributed by atoms with E-state index in [9.17, 15) is 26.7 Å². The molecule has 108 valence electrons. The zero-order valence-corrected chi connectivity index (χ0v) is 11.3. The molecule has 0 radical (unpaired) electrons. The first-order valence-corrected chi connectivity index (χ1v) is 7.19. The Hall–Kier alpha value is -1.08. The molecule has 0 aliphatic carbocycles. The fourth-order valence-electron chi connectivity index (χ4n) is 1.69. The number of hydrogen-bond acceptors (Lipinski definition) is 3. The molecule has 19 heavy (non-hydrogen) atoms. The smallest absolute Gasteiger partial charge is 0.393 e. The number of aliphatic hydroxyl groups is 1. The number of sulfone groups is 1. The van der Waals surface area contributed by atoms with Crippen LogP contribution in [0.2, 0.25) is 0 Å². The number of rotatable bonds is 4. The molecule has 0 aliphatic heterocycles. The summed E-state index contributed by atoms with van der Waals surface area (Å²) >= 11 is 0. The van der Waals surface area contributed by atoms with Crippen LogP contribution < -0.4 is 0 Å². The van der Waals surface area contributed by atoms with Crippen LogP contribution in [0.5, 0.6) is 0 Å². The van der Waals surface area contributed by atoms with Crippen LogP contribution in [0.4, 0.5) is 13.2 Å². The number of aliphatic hydroxyl groups excluding tert-OH is 1. The minimum absolute atomic E-state index is 0.0292. The third-order valence-electron chi connectivity index (χ3n) is 2.69. The maximum absolute atomic E-state index is 12.5. The van der Waals surface area contributed by atoms with E-state index < -0.39 is 32.9 Å². The number of hydrogen-bond donors (Lipinski definition) is 1. The van der Waals surface area contributed by atoms with Gasteiger partial charge in [-0.25, -0.2) is 8.42 Å². The SMILES string of the molecule is CC(O)CC(C)S(=O)(=O)c1cccc(C(F)(F)F)c1. The van der Waals surface area contributed by atoms with Crippen LogP contribution in [-0.2, 0) is 16.0 Å². The fraction of sp³-hybridized carbons (Fsp3) is 0.500. The van der Waals surface area contributed by atoms with Gasteiger partial charge in [0.2, 0.25) is 0 Å². The molecule has 0 saturated carbocycles. The second-order valence-corrected chi connectivity index (χ2v) is 6.83. The standard InChI is InChI=1S/C12H15F3O3S/c1-8(16)6-9(2)19(17,18)11-5-3-4-10(7-11)12(13,14)15/h3-5,7-9,16H,6H2,1-2H3. The lowest BCUT2D eigenvalue weighted by Crippen LogP contribution is -2.23. The van der Waals surface area contributed by atoms with Crippen LogP contribution in [0.3, 0.4) is 0 Å². The van der Waals surface area contributed by atoms with E-state index in [-0.39, 0.29) is 11.3 Å². The van der Waals surface area contributed by atoms with Gasteiger partial charge >= 0.3 is 6.18 Å². The van der Waals surface area contributed by atoms with Crippen molar-refractivity contribution in [1.82, 2.24) is 0 Å². The zero-order chi connectivity index (χ0) is 14.8. The lowest BCUT2D eigenvalue weighted by Gasteiger charge is -2.15. The van der Waals surface area contributed by atoms with Gasteiger partial charge in [-0.2, -0.15) is 13.2 Å². The summed E-state index contributed by atoms with van der Waals surface area (Å²) in [4.78, 5) is -0.379. The van der Waals surface area contributed by atoms with E-state index in [1.54, 1.807) is 0 Å². The molecule has 1 N–H and O–H groups in total. The van der Waals surface area contributed by atoms with Crippen molar-refractivity contribution in [2.45, 2.75) is 42.7 Å². The van der Waals surface area contributed by atoms with Crippen LogP contribution in [-0.4, -0.2) is 24.9 Å². The molecule has 0 spiro atoms. The summed E-state index contributed by atoms with van der Waals surface area (Å²) in [5.41, 5.74) is -1.00. The molecule has 3 nitrogen and oxygen atoms in total. The first kappa shape index (κ1) is 16.0. The molecule has 0 bridgehead atoms. The van der Waals surface area contributed by atoms with E-state index in [4.69, 9.17) is 0 Å². The topological polar surface area (TPSA) is 54.4 Å². The number of halogens is 3. The summed E-state index contributed by atoms with van der Waals surface area (Å²) in [6, 6.07) is 3.63. The lowest BCUT2D eigenvalue weighted by molar-refractivity contribution is -0.137. The summed E-state index contributed by atoms with van der Waals surface area (Å²) in [5.74, 6) is 0. The van der Waals surface area contributed by atoms with Gasteiger partial charge in [-0.3, -0.25) is 0 Å². The molecule has 7 heteroatoms. The minimum Gasteiger partial charge on any atom is -0.393 e. The predicted octanol–water partition coefficient (Wildman–Crippen LogP) is 2.64. The van der Waals surface area contributed by atoms with E-state index in [1.807, 2.05) is 0 Å². The van der Waals surface area contributed by atoms with Gasteiger partial charge in [-0.05, 0) is 38.5 Å². The second-order valence-electron chi connectivity index (χ2n) is 4.47. The third-order valence-corrected chi connectivity index (χ3v) is 4.86. The van der Waals surface area contributed by atoms with Crippen LogP contribution in [0, 0.1) is 0 Å². The Labute approximate surface area is 110 Å². The molecular formula is C12H15F3O3S. The predicted molar refractivity (Wildman–Crippen MR) is 64.4 cm³/mol. The van der Waals surface area contributed by atoms with Gasteiger partial charge in [0.15, 0.2) is 9.84 Å². The summed E-state index contributed by atoms with van der Waals surface area (Å²) in [6.45, 7) is 2.79. The maximum Gasteiger partial charge on any atom is 0.416 e. The van der Waals surface area contributed by atoms with Gasteiger partial charge in [-0.15, -0.1) is 0 Å². The molecule has 1 aromatic rings. The third kappa shape index (κ3) is 3.94. The lowest BCUT2D eigenvalue weighted by atomic mass is 10.2. The van der Waals surface area contributed by atoms with E-state index in [1.165, 1.54) is 13.8 Å². The van der Waals surface area contributed by atoms with Crippen molar-refractivity contribution in [3.05, 3.63) is 29.8 Å². The van der Waals surface area contributed by atoms with E-state index in [0.29, 0.717) is 6.07 Å². The molecular weight excluding hydrogens is 281 g/mol. The van der Waals surface area contributed by atoms with Crippen molar-refractivity contribution in [1.29, 1.82) is 0 Å². The van der Waals surface area contributed by atoms with Crippen molar-refractivity contribution in [3.63, 3.8) is 0 Å². The summed E-state index contributed by atoms with van der Waals surface area (Å²) < 4.78 is 61.7. The van der Waals surface area contributed by atoms with Gasteiger partial charge in [0, 0.05) is 0 Å². The average Bonchev–Trinajstić information content (AvgIpc) is 2.27. The molecule has 0 heterocycles. The van der Waals surface area contributed by atoms with Crippen molar-refractivity contribution in [2.24, 2.45) is 0 Å². The molecule has 1 rings (SSSR count). The van der Waals surface area contributed by atoms with Crippen molar-refractivity contribution in [2.75, 3.05) is 0 Å². The number of alkyl halides is 3. The van der Waals surface area contributed by atoms with Crippen molar-refractivity contribution in [3.8, 4) is 0 Å². The van der Waals surface area contributed by atoms with Gasteiger partial charge in [0.25, 0.3) is 0 Å². The fourth-order valence-corrected chi connectivity index (χ4v) is 3.24. The van der Waals surface area contributed by atoms with Crippen molar-refractivity contribution < 1.29 is 26.7 Å². The monoisotopic (exact) mass is 296 g/mol. The second kappa shape index (κ2) is 5.50. The Kier molecular flexibility index (Phi) is 4.63. The van der Waals surface area contributed by atoms with Gasteiger partial charge in [0.1, 0.15) is 0 Å². The van der Waals surface area contributed by atoms with E-state index in [0.717, 1.165) is 18.2 Å². The molecule has 0 fully saturated rings. The molecule has 0 aromatic heterocycles. The Morgan fingerprint density at radius 3 is 2.32 bits per heavy atom. The maximum atomic E-state index is 12.5. The first-order valence-electron chi connectivity index (χ1n) is 5.64. The van der Waals surface area contributed by atoms with Crippen molar-refractivity contribution >= 4 is 9.84 Å². The highest BCUT2D eigenvalue weighted by Crippen LogP contribution is 2.31. The highest BCUT2D eigenvalue weighted by Gasteiger charge is 2.32. The Bertz CT molecular complexity index is 535. The Morgan fingerprint density at radius 1 is 1.26 bits per heavy atom. The quantitative estimate of drug-likeness (QED) is 0.929. The van der Waals surface area contributed by atoms with Gasteiger partial charge in [0.05, 0.1) is 21.8 Å². The van der Waals surface area contributed by atoms with Gasteiger partial charge in [-0.1, -0.05) is 6.07 Å². The van der Waals surface area contributed by atoms with E-state index in [2.05, 4.69) is 0 Å². The van der Waals surface area contributed by atoms with Gasteiger partial charge < -0.3 is 5.11 Å². The summed E-state index contributed by atoms with van der Waals surface area (Å²) in [6.07, 6.45) is -5.45. The normalized spacial score (nSPS) is 16.1. The molecule has 2 unspecified atom stereocenters. The van der Waals surface area contributed by atoms with Crippen LogP contribution >= 0.6 is 0 Å². The Balaban J connectivity index is 3.16. The largest absolute Gasteiger partial charge is 0.416 e. The molecule has 0 aliphatic rings. The van der Waals surface area contributed by atoms with Crippen LogP contribution in [0.15, 0.2) is 29.2 Å². The van der Waals surface area contributed by atoms with E-state index >= 15 is 0 Å².